The number of anilines is 1. The van der Waals surface area contributed by atoms with E-state index in [0.717, 1.165) is 43.1 Å². The molecule has 1 N–H and O–H groups in total. The summed E-state index contributed by atoms with van der Waals surface area (Å²) in [6.45, 7) is 4.04. The molecule has 0 saturated carbocycles. The number of aryl methyl sites for hydroxylation is 1. The Morgan fingerprint density at radius 1 is 1.31 bits per heavy atom. The topological polar surface area (TPSA) is 80.2 Å². The second-order valence-corrected chi connectivity index (χ2v) is 6.97. The van der Waals surface area contributed by atoms with Gasteiger partial charge in [0.2, 0.25) is 5.91 Å². The Bertz CT molecular complexity index is 752. The van der Waals surface area contributed by atoms with Crippen LogP contribution >= 0.6 is 0 Å². The molecular formula is C19H23N5O2. The van der Waals surface area contributed by atoms with Crippen LogP contribution in [0.4, 0.5) is 5.82 Å². The number of fused-ring (bicyclic) bond motifs is 1. The average Bonchev–Trinajstić information content (AvgIpc) is 3.11. The van der Waals surface area contributed by atoms with Crippen LogP contribution in [0, 0.1) is 12.8 Å². The highest BCUT2D eigenvalue weighted by atomic mass is 16.5. The fourth-order valence-electron chi connectivity index (χ4n) is 3.66. The predicted octanol–water partition coefficient (Wildman–Crippen LogP) is 1.48. The molecule has 2 aromatic rings. The third-order valence-electron chi connectivity index (χ3n) is 5.12. The SMILES string of the molecule is Cc1ccc(N2CC[C@H]3C[C@@H](C(=O)NCc4ccccn4)O[C@H]3C2)nn1. The quantitative estimate of drug-likeness (QED) is 0.897. The van der Waals surface area contributed by atoms with Crippen molar-refractivity contribution in [2.45, 2.75) is 38.5 Å². The first-order valence-corrected chi connectivity index (χ1v) is 9.07. The molecule has 2 aliphatic rings. The maximum absolute atomic E-state index is 12.5. The van der Waals surface area contributed by atoms with E-state index < -0.39 is 0 Å². The number of pyridine rings is 1. The highest BCUT2D eigenvalue weighted by Crippen LogP contribution is 2.34. The van der Waals surface area contributed by atoms with E-state index in [1.807, 2.05) is 37.3 Å². The van der Waals surface area contributed by atoms with Crippen molar-refractivity contribution in [1.82, 2.24) is 20.5 Å². The number of carbonyl (C=O) groups is 1. The lowest BCUT2D eigenvalue weighted by Gasteiger charge is -2.34. The summed E-state index contributed by atoms with van der Waals surface area (Å²) in [4.78, 5) is 18.9. The number of hydrogen-bond donors (Lipinski definition) is 1. The third-order valence-corrected chi connectivity index (χ3v) is 5.12. The van der Waals surface area contributed by atoms with E-state index in [-0.39, 0.29) is 18.1 Å². The van der Waals surface area contributed by atoms with Crippen molar-refractivity contribution in [2.24, 2.45) is 5.92 Å². The van der Waals surface area contributed by atoms with Crippen LogP contribution in [0.2, 0.25) is 0 Å². The zero-order chi connectivity index (χ0) is 17.9. The highest BCUT2D eigenvalue weighted by molar-refractivity contribution is 5.81. The maximum Gasteiger partial charge on any atom is 0.249 e. The summed E-state index contributed by atoms with van der Waals surface area (Å²) in [5, 5.41) is 11.3. The van der Waals surface area contributed by atoms with E-state index in [0.29, 0.717) is 12.5 Å². The van der Waals surface area contributed by atoms with Crippen LogP contribution < -0.4 is 10.2 Å². The van der Waals surface area contributed by atoms with Crippen LogP contribution in [0.25, 0.3) is 0 Å². The second-order valence-electron chi connectivity index (χ2n) is 6.97. The molecule has 0 unspecified atom stereocenters. The zero-order valence-electron chi connectivity index (χ0n) is 14.8. The first kappa shape index (κ1) is 16.9. The molecule has 3 atom stereocenters. The minimum atomic E-state index is -0.377. The Hall–Kier alpha value is -2.54. The number of nitrogens with zero attached hydrogens (tertiary/aromatic N) is 4. The molecule has 0 aliphatic carbocycles. The standard InChI is InChI=1S/C19H23N5O2/c1-13-5-6-18(23-22-13)24-9-7-14-10-16(26-17(14)12-24)19(25)21-11-15-4-2-3-8-20-15/h2-6,8,14,16-17H,7,9-12H2,1H3,(H,21,25)/t14-,16-,17-/m0/s1. The van der Waals surface area contributed by atoms with Gasteiger partial charge < -0.3 is 15.0 Å². The minimum absolute atomic E-state index is 0.0493. The fraction of sp³-hybridized carbons (Fsp3) is 0.474. The third kappa shape index (κ3) is 3.67. The summed E-state index contributed by atoms with van der Waals surface area (Å²) in [6, 6.07) is 9.64. The monoisotopic (exact) mass is 353 g/mol. The highest BCUT2D eigenvalue weighted by Gasteiger charge is 2.42. The molecule has 26 heavy (non-hydrogen) atoms. The number of amides is 1. The van der Waals surface area contributed by atoms with Crippen LogP contribution in [0.15, 0.2) is 36.5 Å². The van der Waals surface area contributed by atoms with E-state index in [1.54, 1.807) is 6.20 Å². The van der Waals surface area contributed by atoms with E-state index in [9.17, 15) is 4.79 Å². The van der Waals surface area contributed by atoms with Crippen LogP contribution in [0.3, 0.4) is 0 Å². The number of carbonyl (C=O) groups excluding carboxylic acids is 1. The van der Waals surface area contributed by atoms with E-state index in [1.165, 1.54) is 0 Å². The molecule has 7 nitrogen and oxygen atoms in total. The van der Waals surface area contributed by atoms with Crippen molar-refractivity contribution in [2.75, 3.05) is 18.0 Å². The average molecular weight is 353 g/mol. The number of hydrogen-bond acceptors (Lipinski definition) is 6. The molecule has 0 radical (unpaired) electrons. The van der Waals surface area contributed by atoms with E-state index in [4.69, 9.17) is 4.74 Å². The summed E-state index contributed by atoms with van der Waals surface area (Å²) in [5.74, 6) is 1.25. The van der Waals surface area contributed by atoms with Crippen molar-refractivity contribution in [3.63, 3.8) is 0 Å². The van der Waals surface area contributed by atoms with Gasteiger partial charge in [0.15, 0.2) is 5.82 Å². The van der Waals surface area contributed by atoms with Gasteiger partial charge in [-0.3, -0.25) is 9.78 Å². The van der Waals surface area contributed by atoms with Gasteiger partial charge in [0, 0.05) is 19.3 Å². The van der Waals surface area contributed by atoms with Crippen molar-refractivity contribution in [1.29, 1.82) is 0 Å². The van der Waals surface area contributed by atoms with Crippen molar-refractivity contribution in [3.8, 4) is 0 Å². The van der Waals surface area contributed by atoms with E-state index >= 15 is 0 Å². The summed E-state index contributed by atoms with van der Waals surface area (Å²) in [7, 11) is 0. The molecule has 4 heterocycles. The Morgan fingerprint density at radius 2 is 2.23 bits per heavy atom. The number of aromatic nitrogens is 3. The molecule has 2 fully saturated rings. The molecule has 136 valence electrons. The first-order chi connectivity index (χ1) is 12.7. The largest absolute Gasteiger partial charge is 0.363 e. The lowest BCUT2D eigenvalue weighted by atomic mass is 9.91. The Balaban J connectivity index is 1.32. The smallest absolute Gasteiger partial charge is 0.249 e. The van der Waals surface area contributed by atoms with Gasteiger partial charge >= 0.3 is 0 Å². The van der Waals surface area contributed by atoms with Crippen LogP contribution in [0.1, 0.15) is 24.2 Å². The molecular weight excluding hydrogens is 330 g/mol. The van der Waals surface area contributed by atoms with Gasteiger partial charge in [-0.1, -0.05) is 6.07 Å². The Morgan fingerprint density at radius 3 is 3.00 bits per heavy atom. The van der Waals surface area contributed by atoms with Crippen LogP contribution in [-0.2, 0) is 16.1 Å². The van der Waals surface area contributed by atoms with Crippen molar-refractivity contribution in [3.05, 3.63) is 47.9 Å². The summed E-state index contributed by atoms with van der Waals surface area (Å²) in [6.07, 6.45) is 3.20. The molecule has 4 rings (SSSR count). The van der Waals surface area contributed by atoms with Crippen LogP contribution in [0.5, 0.6) is 0 Å². The van der Waals surface area contributed by atoms with Gasteiger partial charge in [0.1, 0.15) is 6.10 Å². The van der Waals surface area contributed by atoms with Gasteiger partial charge in [-0.15, -0.1) is 5.10 Å². The van der Waals surface area contributed by atoms with Gasteiger partial charge in [0.25, 0.3) is 0 Å². The van der Waals surface area contributed by atoms with Gasteiger partial charge in [-0.25, -0.2) is 0 Å². The molecule has 0 spiro atoms. The van der Waals surface area contributed by atoms with E-state index in [2.05, 4.69) is 25.4 Å². The fourth-order valence-corrected chi connectivity index (χ4v) is 3.66. The lowest BCUT2D eigenvalue weighted by molar-refractivity contribution is -0.132. The number of nitrogens with one attached hydrogen (secondary N) is 1. The molecule has 2 saturated heterocycles. The van der Waals surface area contributed by atoms with Gasteiger partial charge in [-0.05, 0) is 49.9 Å². The van der Waals surface area contributed by atoms with Gasteiger partial charge in [0.05, 0.1) is 24.0 Å². The molecule has 0 aromatic carbocycles. The lowest BCUT2D eigenvalue weighted by Crippen LogP contribution is -2.43. The van der Waals surface area contributed by atoms with Gasteiger partial charge in [-0.2, -0.15) is 5.10 Å². The summed E-state index contributed by atoms with van der Waals surface area (Å²) >= 11 is 0. The predicted molar refractivity (Wildman–Crippen MR) is 96.5 cm³/mol. The van der Waals surface area contributed by atoms with Crippen molar-refractivity contribution < 1.29 is 9.53 Å². The van der Waals surface area contributed by atoms with Crippen LogP contribution in [-0.4, -0.2) is 46.4 Å². The minimum Gasteiger partial charge on any atom is -0.363 e. The molecule has 7 heteroatoms. The normalized spacial score (nSPS) is 25.0. The summed E-state index contributed by atoms with van der Waals surface area (Å²) in [5.41, 5.74) is 1.76. The van der Waals surface area contributed by atoms with Crippen molar-refractivity contribution >= 4 is 11.7 Å². The second kappa shape index (κ2) is 7.37. The number of ether oxygens (including phenoxy) is 1. The maximum atomic E-state index is 12.5. The molecule has 2 aliphatic heterocycles. The molecule has 0 bridgehead atoms. The Labute approximate surface area is 152 Å². The molecule has 2 aromatic heterocycles. The number of piperidine rings is 1. The molecule has 1 amide bonds. The zero-order valence-corrected chi connectivity index (χ0v) is 14.8. The Kier molecular flexibility index (Phi) is 4.79. The summed E-state index contributed by atoms with van der Waals surface area (Å²) < 4.78 is 6.07. The first-order valence-electron chi connectivity index (χ1n) is 9.07. The number of rotatable bonds is 4.